The summed E-state index contributed by atoms with van der Waals surface area (Å²) in [4.78, 5) is 0. The SMILES string of the molecule is C[C@H]1[C@H]2C[C@H](C[C@@H]2[C@H]2CCCC[C@H]2O)C1(C)C. The van der Waals surface area contributed by atoms with Gasteiger partial charge in [-0.15, -0.1) is 0 Å². The normalized spacial score (nSPS) is 52.9. The molecule has 0 saturated heterocycles. The van der Waals surface area contributed by atoms with Crippen LogP contribution in [0.3, 0.4) is 0 Å². The van der Waals surface area contributed by atoms with Gasteiger partial charge in [0.05, 0.1) is 6.10 Å². The number of aliphatic hydroxyl groups excluding tert-OH is 1. The molecule has 0 radical (unpaired) electrons. The number of hydrogen-bond donors (Lipinski definition) is 1. The van der Waals surface area contributed by atoms with E-state index >= 15 is 0 Å². The molecule has 0 amide bonds. The number of aliphatic hydroxyl groups is 1. The molecule has 98 valence electrons. The topological polar surface area (TPSA) is 20.2 Å². The van der Waals surface area contributed by atoms with Crippen LogP contribution in [0, 0.1) is 35.0 Å². The quantitative estimate of drug-likeness (QED) is 0.733. The third-order valence-electron chi connectivity index (χ3n) is 6.86. The molecule has 3 aliphatic rings. The molecule has 1 nitrogen and oxygen atoms in total. The predicted molar refractivity (Wildman–Crippen MR) is 70.6 cm³/mol. The van der Waals surface area contributed by atoms with Gasteiger partial charge in [-0.25, -0.2) is 0 Å². The summed E-state index contributed by atoms with van der Waals surface area (Å²) in [5.74, 6) is 4.19. The molecule has 0 aromatic heterocycles. The molecule has 0 aliphatic heterocycles. The molecule has 3 fully saturated rings. The summed E-state index contributed by atoms with van der Waals surface area (Å²) in [6.07, 6.45) is 7.83. The monoisotopic (exact) mass is 236 g/mol. The summed E-state index contributed by atoms with van der Waals surface area (Å²) in [6, 6.07) is 0. The Morgan fingerprint density at radius 1 is 0.941 bits per heavy atom. The molecule has 0 aromatic carbocycles. The van der Waals surface area contributed by atoms with Crippen molar-refractivity contribution in [2.45, 2.75) is 65.4 Å². The van der Waals surface area contributed by atoms with Gasteiger partial charge in [0.1, 0.15) is 0 Å². The summed E-state index contributed by atoms with van der Waals surface area (Å²) in [5.41, 5.74) is 0.556. The molecule has 6 atom stereocenters. The second-order valence-electron chi connectivity index (χ2n) is 7.62. The summed E-state index contributed by atoms with van der Waals surface area (Å²) in [7, 11) is 0. The first-order valence-electron chi connectivity index (χ1n) is 7.70. The Bertz CT molecular complexity index is 292. The van der Waals surface area contributed by atoms with E-state index in [1.54, 1.807) is 0 Å². The van der Waals surface area contributed by atoms with Crippen molar-refractivity contribution < 1.29 is 5.11 Å². The summed E-state index contributed by atoms with van der Waals surface area (Å²) in [6.45, 7) is 7.40. The van der Waals surface area contributed by atoms with Crippen LogP contribution in [0.5, 0.6) is 0 Å². The van der Waals surface area contributed by atoms with Crippen LogP contribution in [0.15, 0.2) is 0 Å². The summed E-state index contributed by atoms with van der Waals surface area (Å²) >= 11 is 0. The molecule has 0 aromatic rings. The molecule has 1 heteroatoms. The fraction of sp³-hybridized carbons (Fsp3) is 1.00. The molecule has 2 bridgehead atoms. The highest BCUT2D eigenvalue weighted by molar-refractivity contribution is 5.05. The third-order valence-corrected chi connectivity index (χ3v) is 6.86. The lowest BCUT2D eigenvalue weighted by Gasteiger charge is -2.44. The van der Waals surface area contributed by atoms with Crippen LogP contribution in [0.1, 0.15) is 59.3 Å². The maximum Gasteiger partial charge on any atom is 0.0571 e. The lowest BCUT2D eigenvalue weighted by atomic mass is 9.61. The van der Waals surface area contributed by atoms with Crippen LogP contribution in [0.4, 0.5) is 0 Å². The molecular weight excluding hydrogens is 208 g/mol. The van der Waals surface area contributed by atoms with E-state index in [0.29, 0.717) is 11.3 Å². The summed E-state index contributed by atoms with van der Waals surface area (Å²) in [5, 5.41) is 10.3. The lowest BCUT2D eigenvalue weighted by molar-refractivity contribution is -0.0113. The van der Waals surface area contributed by atoms with Crippen LogP contribution >= 0.6 is 0 Å². The van der Waals surface area contributed by atoms with Gasteiger partial charge in [-0.1, -0.05) is 33.6 Å². The third kappa shape index (κ3) is 1.69. The fourth-order valence-electron chi connectivity index (χ4n) is 5.34. The standard InChI is InChI=1S/C16H28O/c1-10-13-8-11(16(10,2)3)9-14(13)12-6-4-5-7-15(12)17/h10-15,17H,4-9H2,1-3H3/t10-,11+,12+,13+,14+,15+/m0/s1. The van der Waals surface area contributed by atoms with Crippen LogP contribution < -0.4 is 0 Å². The first-order chi connectivity index (χ1) is 8.01. The fourth-order valence-corrected chi connectivity index (χ4v) is 5.34. The van der Waals surface area contributed by atoms with Gasteiger partial charge >= 0.3 is 0 Å². The van der Waals surface area contributed by atoms with E-state index in [-0.39, 0.29) is 6.10 Å². The average Bonchev–Trinajstić information content (AvgIpc) is 2.80. The van der Waals surface area contributed by atoms with Gasteiger partial charge in [0.15, 0.2) is 0 Å². The highest BCUT2D eigenvalue weighted by Crippen LogP contribution is 2.63. The van der Waals surface area contributed by atoms with Crippen molar-refractivity contribution in [3.63, 3.8) is 0 Å². The first-order valence-corrected chi connectivity index (χ1v) is 7.70. The Kier molecular flexibility index (Phi) is 2.81. The van der Waals surface area contributed by atoms with Crippen LogP contribution in [-0.4, -0.2) is 11.2 Å². The molecule has 1 N–H and O–H groups in total. The molecule has 17 heavy (non-hydrogen) atoms. The maximum absolute atomic E-state index is 10.3. The van der Waals surface area contributed by atoms with E-state index in [1.165, 1.54) is 32.1 Å². The van der Waals surface area contributed by atoms with Crippen molar-refractivity contribution in [3.8, 4) is 0 Å². The number of rotatable bonds is 1. The van der Waals surface area contributed by atoms with Crippen molar-refractivity contribution in [2.75, 3.05) is 0 Å². The van der Waals surface area contributed by atoms with E-state index in [9.17, 15) is 5.11 Å². The van der Waals surface area contributed by atoms with Crippen molar-refractivity contribution in [1.82, 2.24) is 0 Å². The van der Waals surface area contributed by atoms with Gasteiger partial charge in [0, 0.05) is 0 Å². The van der Waals surface area contributed by atoms with Crippen LogP contribution in [-0.2, 0) is 0 Å². The minimum absolute atomic E-state index is 0.0170. The van der Waals surface area contributed by atoms with Gasteiger partial charge in [-0.05, 0) is 60.7 Å². The Labute approximate surface area is 106 Å². The zero-order chi connectivity index (χ0) is 12.2. The predicted octanol–water partition coefficient (Wildman–Crippen LogP) is 3.86. The second kappa shape index (κ2) is 3.98. The Morgan fingerprint density at radius 3 is 2.18 bits per heavy atom. The molecule has 0 heterocycles. The molecule has 3 rings (SSSR count). The Balaban J connectivity index is 1.76. The van der Waals surface area contributed by atoms with Gasteiger partial charge < -0.3 is 5.11 Å². The maximum atomic E-state index is 10.3. The van der Waals surface area contributed by atoms with Crippen molar-refractivity contribution in [3.05, 3.63) is 0 Å². The zero-order valence-electron chi connectivity index (χ0n) is 11.7. The van der Waals surface area contributed by atoms with Gasteiger partial charge in [0.25, 0.3) is 0 Å². The van der Waals surface area contributed by atoms with E-state index in [1.807, 2.05) is 0 Å². The van der Waals surface area contributed by atoms with Crippen molar-refractivity contribution in [2.24, 2.45) is 35.0 Å². The Hall–Kier alpha value is -0.0400. The largest absolute Gasteiger partial charge is 0.393 e. The highest BCUT2D eigenvalue weighted by atomic mass is 16.3. The molecule has 0 spiro atoms. The lowest BCUT2D eigenvalue weighted by Crippen LogP contribution is -2.40. The zero-order valence-corrected chi connectivity index (χ0v) is 11.7. The van der Waals surface area contributed by atoms with Crippen molar-refractivity contribution >= 4 is 0 Å². The molecular formula is C16H28O. The Morgan fingerprint density at radius 2 is 1.59 bits per heavy atom. The van der Waals surface area contributed by atoms with Gasteiger partial charge in [-0.3, -0.25) is 0 Å². The summed E-state index contributed by atoms with van der Waals surface area (Å²) < 4.78 is 0. The van der Waals surface area contributed by atoms with E-state index in [0.717, 1.165) is 30.1 Å². The van der Waals surface area contributed by atoms with Crippen molar-refractivity contribution in [1.29, 1.82) is 0 Å². The van der Waals surface area contributed by atoms with E-state index < -0.39 is 0 Å². The van der Waals surface area contributed by atoms with E-state index in [2.05, 4.69) is 20.8 Å². The smallest absolute Gasteiger partial charge is 0.0571 e. The minimum Gasteiger partial charge on any atom is -0.393 e. The first kappa shape index (κ1) is 12.0. The number of fused-ring (bicyclic) bond motifs is 2. The van der Waals surface area contributed by atoms with Gasteiger partial charge in [-0.2, -0.15) is 0 Å². The molecule has 0 unspecified atom stereocenters. The molecule has 3 saturated carbocycles. The second-order valence-corrected chi connectivity index (χ2v) is 7.62. The highest BCUT2D eigenvalue weighted by Gasteiger charge is 2.56. The van der Waals surface area contributed by atoms with Crippen LogP contribution in [0.2, 0.25) is 0 Å². The molecule has 3 aliphatic carbocycles. The van der Waals surface area contributed by atoms with E-state index in [4.69, 9.17) is 0 Å². The van der Waals surface area contributed by atoms with Gasteiger partial charge in [0.2, 0.25) is 0 Å². The van der Waals surface area contributed by atoms with Crippen LogP contribution in [0.25, 0.3) is 0 Å². The average molecular weight is 236 g/mol. The minimum atomic E-state index is 0.0170. The number of hydrogen-bond acceptors (Lipinski definition) is 1.